The van der Waals surface area contributed by atoms with Crippen molar-refractivity contribution in [2.24, 2.45) is 5.92 Å². The molecule has 0 amide bonds. The molecule has 1 aromatic rings. The Hall–Kier alpha value is -2.30. The molecular weight excluding hydrogens is 294 g/mol. The van der Waals surface area contributed by atoms with E-state index in [1.165, 1.54) is 0 Å². The highest BCUT2D eigenvalue weighted by atomic mass is 16.5. The third-order valence-corrected chi connectivity index (χ3v) is 3.94. The first-order valence-electron chi connectivity index (χ1n) is 7.74. The quantitative estimate of drug-likeness (QED) is 0.559. The molecule has 0 heterocycles. The predicted molar refractivity (Wildman–Crippen MR) is 92.0 cm³/mol. The second-order valence-corrected chi connectivity index (χ2v) is 5.45. The average Bonchev–Trinajstić information content (AvgIpc) is 2.54. The summed E-state index contributed by atoms with van der Waals surface area (Å²) >= 11 is 0. The molecule has 0 saturated carbocycles. The Labute approximate surface area is 137 Å². The van der Waals surface area contributed by atoms with Crippen LogP contribution in [0.1, 0.15) is 32.3 Å². The van der Waals surface area contributed by atoms with Crippen molar-refractivity contribution in [2.75, 3.05) is 25.6 Å². The van der Waals surface area contributed by atoms with Crippen LogP contribution in [0.25, 0.3) is 6.08 Å². The van der Waals surface area contributed by atoms with Crippen molar-refractivity contribution in [1.82, 2.24) is 0 Å². The van der Waals surface area contributed by atoms with E-state index in [-0.39, 0.29) is 12.5 Å². The van der Waals surface area contributed by atoms with E-state index < -0.39 is 5.97 Å². The molecule has 0 saturated heterocycles. The van der Waals surface area contributed by atoms with Gasteiger partial charge in [0.05, 0.1) is 7.11 Å². The summed E-state index contributed by atoms with van der Waals surface area (Å²) in [7, 11) is 3.27. The number of carbonyl (C=O) groups excluding carboxylic acids is 1. The minimum Gasteiger partial charge on any atom is -0.497 e. The Morgan fingerprint density at radius 2 is 2.00 bits per heavy atom. The first-order chi connectivity index (χ1) is 11.0. The van der Waals surface area contributed by atoms with Crippen molar-refractivity contribution < 1.29 is 19.4 Å². The molecule has 0 fully saturated rings. The number of hydrogen-bond donors (Lipinski definition) is 1. The smallest absolute Gasteiger partial charge is 0.323 e. The monoisotopic (exact) mass is 319 g/mol. The number of aldehydes is 1. The maximum Gasteiger partial charge on any atom is 0.323 e. The Kier molecular flexibility index (Phi) is 7.32. The molecule has 5 heteroatoms. The van der Waals surface area contributed by atoms with Crippen LogP contribution >= 0.6 is 0 Å². The van der Waals surface area contributed by atoms with Gasteiger partial charge in [0.15, 0.2) is 0 Å². The standard InChI is InChI=1S/C18H25NO4/c1-5-13(6-2)15(12-20)9-14-7-8-16(23-4)10-17(14)19(3)11-18(21)22/h7-10,12-13H,5-6,11H2,1-4H3,(H,21,22)/b15-9+. The van der Waals surface area contributed by atoms with Crippen molar-refractivity contribution in [1.29, 1.82) is 0 Å². The lowest BCUT2D eigenvalue weighted by Crippen LogP contribution is -2.25. The Morgan fingerprint density at radius 3 is 2.48 bits per heavy atom. The molecule has 23 heavy (non-hydrogen) atoms. The summed E-state index contributed by atoms with van der Waals surface area (Å²) in [5.74, 6) is -0.0716. The summed E-state index contributed by atoms with van der Waals surface area (Å²) in [4.78, 5) is 24.1. The third kappa shape index (κ3) is 5.13. The number of nitrogens with zero attached hydrogens (tertiary/aromatic N) is 1. The van der Waals surface area contributed by atoms with Gasteiger partial charge in [-0.25, -0.2) is 0 Å². The zero-order valence-electron chi connectivity index (χ0n) is 14.2. The second-order valence-electron chi connectivity index (χ2n) is 5.45. The van der Waals surface area contributed by atoms with Gasteiger partial charge in [0, 0.05) is 18.8 Å². The summed E-state index contributed by atoms with van der Waals surface area (Å²) < 4.78 is 5.22. The van der Waals surface area contributed by atoms with Crippen molar-refractivity contribution >= 4 is 24.0 Å². The van der Waals surface area contributed by atoms with E-state index in [0.717, 1.165) is 36.0 Å². The van der Waals surface area contributed by atoms with E-state index in [9.17, 15) is 9.59 Å². The zero-order chi connectivity index (χ0) is 17.4. The summed E-state index contributed by atoms with van der Waals surface area (Å²) in [5, 5.41) is 9.01. The van der Waals surface area contributed by atoms with Gasteiger partial charge in [0.1, 0.15) is 18.6 Å². The second kappa shape index (κ2) is 8.98. The summed E-state index contributed by atoms with van der Waals surface area (Å²) in [6, 6.07) is 5.43. The first-order valence-corrected chi connectivity index (χ1v) is 7.74. The van der Waals surface area contributed by atoms with Gasteiger partial charge >= 0.3 is 5.97 Å². The topological polar surface area (TPSA) is 66.8 Å². The van der Waals surface area contributed by atoms with Gasteiger partial charge in [0.2, 0.25) is 0 Å². The molecule has 0 unspecified atom stereocenters. The maximum absolute atomic E-state index is 11.4. The minimum atomic E-state index is -0.916. The molecule has 0 aliphatic rings. The van der Waals surface area contributed by atoms with Gasteiger partial charge in [-0.1, -0.05) is 13.8 Å². The Balaban J connectivity index is 3.33. The van der Waals surface area contributed by atoms with Crippen molar-refractivity contribution in [2.45, 2.75) is 26.7 Å². The number of methoxy groups -OCH3 is 1. The van der Waals surface area contributed by atoms with Crippen molar-refractivity contribution in [3.05, 3.63) is 29.3 Å². The van der Waals surface area contributed by atoms with Crippen LogP contribution in [-0.4, -0.2) is 38.1 Å². The van der Waals surface area contributed by atoms with Gasteiger partial charge in [0.25, 0.3) is 0 Å². The molecule has 0 aliphatic heterocycles. The molecule has 126 valence electrons. The van der Waals surface area contributed by atoms with E-state index in [4.69, 9.17) is 9.84 Å². The molecule has 1 N–H and O–H groups in total. The molecule has 0 atom stereocenters. The van der Waals surface area contributed by atoms with Gasteiger partial charge in [-0.05, 0) is 48.1 Å². The van der Waals surface area contributed by atoms with Crippen LogP contribution in [0, 0.1) is 5.92 Å². The van der Waals surface area contributed by atoms with Gasteiger partial charge in [-0.2, -0.15) is 0 Å². The fraction of sp³-hybridized carbons (Fsp3) is 0.444. The van der Waals surface area contributed by atoms with Crippen molar-refractivity contribution in [3.8, 4) is 5.75 Å². The fourth-order valence-corrected chi connectivity index (χ4v) is 2.58. The van der Waals surface area contributed by atoms with E-state index in [1.807, 2.05) is 12.1 Å². The van der Waals surface area contributed by atoms with E-state index >= 15 is 0 Å². The van der Waals surface area contributed by atoms with Crippen LogP contribution in [0.15, 0.2) is 23.8 Å². The molecule has 1 rings (SSSR count). The van der Waals surface area contributed by atoms with Crippen LogP contribution in [-0.2, 0) is 9.59 Å². The normalized spacial score (nSPS) is 11.4. The lowest BCUT2D eigenvalue weighted by Gasteiger charge is -2.21. The highest BCUT2D eigenvalue weighted by molar-refractivity contribution is 5.86. The third-order valence-electron chi connectivity index (χ3n) is 3.94. The molecule has 0 spiro atoms. The summed E-state index contributed by atoms with van der Waals surface area (Å²) in [5.41, 5.74) is 2.26. The number of carboxylic acid groups (broad SMARTS) is 1. The maximum atomic E-state index is 11.4. The Morgan fingerprint density at radius 1 is 1.35 bits per heavy atom. The number of carboxylic acids is 1. The zero-order valence-corrected chi connectivity index (χ0v) is 14.2. The number of ether oxygens (including phenoxy) is 1. The molecule has 0 aromatic heterocycles. The molecular formula is C18H25NO4. The first kappa shape index (κ1) is 18.7. The molecule has 0 bridgehead atoms. The molecule has 0 aliphatic carbocycles. The number of hydrogen-bond acceptors (Lipinski definition) is 4. The van der Waals surface area contributed by atoms with Gasteiger partial charge in [-0.3, -0.25) is 9.59 Å². The predicted octanol–water partition coefficient (Wildman–Crippen LogP) is 3.23. The van der Waals surface area contributed by atoms with Gasteiger partial charge < -0.3 is 14.7 Å². The molecule has 1 aromatic carbocycles. The van der Waals surface area contributed by atoms with Crippen LogP contribution in [0.4, 0.5) is 5.69 Å². The molecule has 0 radical (unpaired) electrons. The lowest BCUT2D eigenvalue weighted by atomic mass is 9.92. The number of allylic oxidation sites excluding steroid dienone is 1. The van der Waals surface area contributed by atoms with Crippen LogP contribution in [0.3, 0.4) is 0 Å². The fourth-order valence-electron chi connectivity index (χ4n) is 2.58. The number of anilines is 1. The largest absolute Gasteiger partial charge is 0.497 e. The number of carbonyl (C=O) groups is 2. The van der Waals surface area contributed by atoms with E-state index in [0.29, 0.717) is 5.75 Å². The van der Waals surface area contributed by atoms with Crippen LogP contribution < -0.4 is 9.64 Å². The Bertz CT molecular complexity index is 576. The number of aliphatic carboxylic acids is 1. The van der Waals surface area contributed by atoms with Crippen LogP contribution in [0.2, 0.25) is 0 Å². The SMILES string of the molecule is CCC(CC)/C(C=O)=C/c1ccc(OC)cc1N(C)CC(=O)O. The minimum absolute atomic E-state index is 0.130. The number of rotatable bonds is 9. The van der Waals surface area contributed by atoms with Crippen LogP contribution in [0.5, 0.6) is 5.75 Å². The van der Waals surface area contributed by atoms with Crippen molar-refractivity contribution in [3.63, 3.8) is 0 Å². The number of benzene rings is 1. The van der Waals surface area contributed by atoms with Gasteiger partial charge in [-0.15, -0.1) is 0 Å². The van der Waals surface area contributed by atoms with E-state index in [2.05, 4.69) is 13.8 Å². The summed E-state index contributed by atoms with van der Waals surface area (Å²) in [6.07, 6.45) is 4.51. The van der Waals surface area contributed by atoms with E-state index in [1.54, 1.807) is 31.2 Å². The highest BCUT2D eigenvalue weighted by Gasteiger charge is 2.14. The number of likely N-dealkylation sites (N-methyl/N-ethyl adjacent to an activating group) is 1. The highest BCUT2D eigenvalue weighted by Crippen LogP contribution is 2.29. The summed E-state index contributed by atoms with van der Waals surface area (Å²) in [6.45, 7) is 3.98. The average molecular weight is 319 g/mol. The lowest BCUT2D eigenvalue weighted by molar-refractivity contribution is -0.135. The molecule has 5 nitrogen and oxygen atoms in total.